The molecule has 13 heteroatoms. The minimum Gasteiger partial charge on any atom is -0.411 e. The molecule has 1 aliphatic rings. The molecule has 202 valence electrons. The molecule has 0 saturated carbocycles. The van der Waals surface area contributed by atoms with E-state index in [1.54, 1.807) is 18.7 Å². The van der Waals surface area contributed by atoms with Gasteiger partial charge in [-0.2, -0.15) is 0 Å². The van der Waals surface area contributed by atoms with Crippen LogP contribution in [0, 0.1) is 0 Å². The highest BCUT2D eigenvalue weighted by Crippen LogP contribution is 2.37. The van der Waals surface area contributed by atoms with Gasteiger partial charge in [-0.25, -0.2) is 9.97 Å². The van der Waals surface area contributed by atoms with E-state index in [4.69, 9.17) is 28.2 Å². The first-order valence-corrected chi connectivity index (χ1v) is 14.1. The van der Waals surface area contributed by atoms with Crippen molar-refractivity contribution >= 4 is 68.7 Å². The van der Waals surface area contributed by atoms with E-state index >= 15 is 0 Å². The van der Waals surface area contributed by atoms with Crippen LogP contribution in [0.5, 0.6) is 0 Å². The molecule has 1 aliphatic heterocycles. The molecule has 0 unspecified atom stereocenters. The molecule has 0 radical (unpaired) electrons. The lowest BCUT2D eigenvalue weighted by atomic mass is 10.1. The van der Waals surface area contributed by atoms with Crippen molar-refractivity contribution in [2.24, 2.45) is 0 Å². The first-order chi connectivity index (χ1) is 19.5. The lowest BCUT2D eigenvalue weighted by Crippen LogP contribution is -2.44. The van der Waals surface area contributed by atoms with Gasteiger partial charge in [0.1, 0.15) is 11.4 Å². The molecule has 0 amide bonds. The van der Waals surface area contributed by atoms with Crippen LogP contribution in [0.2, 0.25) is 5.02 Å². The second-order valence-electron chi connectivity index (χ2n) is 9.16. The lowest BCUT2D eigenvalue weighted by Gasteiger charge is -2.35. The van der Waals surface area contributed by atoms with Crippen molar-refractivity contribution in [1.82, 2.24) is 30.0 Å². The van der Waals surface area contributed by atoms with Crippen molar-refractivity contribution in [2.45, 2.75) is 10.2 Å². The van der Waals surface area contributed by atoms with Gasteiger partial charge in [-0.3, -0.25) is 4.98 Å². The van der Waals surface area contributed by atoms with E-state index in [0.717, 1.165) is 59.7 Å². The Hall–Kier alpha value is -3.84. The number of pyridine rings is 1. The van der Waals surface area contributed by atoms with Gasteiger partial charge in [0, 0.05) is 54.7 Å². The molecule has 0 spiro atoms. The molecule has 4 heterocycles. The van der Waals surface area contributed by atoms with Crippen LogP contribution in [-0.2, 0) is 0 Å². The Morgan fingerprint density at radius 1 is 1.02 bits per heavy atom. The SMILES string of the molecule is CN1CCN(c2cc3ncnc(Sc4nnc(-c5cccnc5)o4)c3cc2NC(=S)Nc2ccc(Cl)cc2)CC1. The highest BCUT2D eigenvalue weighted by molar-refractivity contribution is 7.99. The number of thiocarbonyl (C=S) groups is 1. The minimum atomic E-state index is 0.372. The molecule has 2 aromatic carbocycles. The van der Waals surface area contributed by atoms with E-state index in [-0.39, 0.29) is 0 Å². The van der Waals surface area contributed by atoms with Crippen LogP contribution in [0.1, 0.15) is 0 Å². The average Bonchev–Trinajstić information content (AvgIpc) is 3.44. The summed E-state index contributed by atoms with van der Waals surface area (Å²) in [6.45, 7) is 3.71. The fourth-order valence-electron chi connectivity index (χ4n) is 4.32. The van der Waals surface area contributed by atoms with Crippen LogP contribution in [0.4, 0.5) is 17.1 Å². The maximum atomic E-state index is 6.04. The van der Waals surface area contributed by atoms with Gasteiger partial charge in [-0.15, -0.1) is 10.2 Å². The van der Waals surface area contributed by atoms with Crippen molar-refractivity contribution in [3.8, 4) is 11.5 Å². The Bertz CT molecular complexity index is 1640. The Morgan fingerprint density at radius 3 is 2.62 bits per heavy atom. The zero-order chi connectivity index (χ0) is 27.5. The topological polar surface area (TPSA) is 108 Å². The summed E-state index contributed by atoms with van der Waals surface area (Å²) in [5.41, 5.74) is 4.26. The number of piperazine rings is 1. The van der Waals surface area contributed by atoms with Crippen LogP contribution in [0.25, 0.3) is 22.4 Å². The summed E-state index contributed by atoms with van der Waals surface area (Å²) in [6, 6.07) is 15.2. The molecular formula is C27H24ClN9OS2. The van der Waals surface area contributed by atoms with Gasteiger partial charge in [0.05, 0.1) is 22.5 Å². The standard InChI is InChI=1S/C27H24ClN9OS2/c1-36-9-11-37(12-10-36)23-14-21-20(13-22(23)33-26(39)32-19-6-4-18(28)5-7-19)25(31-16-30-21)40-27-35-34-24(38-27)17-3-2-8-29-15-17/h2-8,13-16H,9-12H2,1H3,(H2,32,33,39). The summed E-state index contributed by atoms with van der Waals surface area (Å²) < 4.78 is 5.89. The molecule has 1 fully saturated rings. The van der Waals surface area contributed by atoms with Crippen LogP contribution < -0.4 is 15.5 Å². The highest BCUT2D eigenvalue weighted by Gasteiger charge is 2.21. The third-order valence-electron chi connectivity index (χ3n) is 6.41. The van der Waals surface area contributed by atoms with Crippen molar-refractivity contribution in [3.63, 3.8) is 0 Å². The van der Waals surface area contributed by atoms with Crippen molar-refractivity contribution < 1.29 is 4.42 Å². The van der Waals surface area contributed by atoms with Gasteiger partial charge in [0.2, 0.25) is 5.89 Å². The number of hydrogen-bond donors (Lipinski definition) is 2. The fraction of sp³-hybridized carbons (Fsp3) is 0.185. The minimum absolute atomic E-state index is 0.372. The summed E-state index contributed by atoms with van der Waals surface area (Å²) in [7, 11) is 2.13. The molecular weight excluding hydrogens is 566 g/mol. The first-order valence-electron chi connectivity index (χ1n) is 12.5. The number of benzene rings is 2. The summed E-state index contributed by atoms with van der Waals surface area (Å²) in [4.78, 5) is 17.9. The third kappa shape index (κ3) is 5.99. The van der Waals surface area contributed by atoms with Crippen molar-refractivity contribution in [2.75, 3.05) is 48.8 Å². The Morgan fingerprint density at radius 2 is 1.85 bits per heavy atom. The molecule has 0 aliphatic carbocycles. The lowest BCUT2D eigenvalue weighted by molar-refractivity contribution is 0.313. The van der Waals surface area contributed by atoms with Gasteiger partial charge in [0.15, 0.2) is 5.11 Å². The molecule has 5 aromatic rings. The van der Waals surface area contributed by atoms with Gasteiger partial charge in [-0.05, 0) is 79.6 Å². The fourth-order valence-corrected chi connectivity index (χ4v) is 5.41. The third-order valence-corrected chi connectivity index (χ3v) is 7.72. The number of aromatic nitrogens is 5. The van der Waals surface area contributed by atoms with Crippen LogP contribution in [0.3, 0.4) is 0 Å². The zero-order valence-electron chi connectivity index (χ0n) is 21.4. The van der Waals surface area contributed by atoms with Gasteiger partial charge in [-0.1, -0.05) is 11.6 Å². The van der Waals surface area contributed by atoms with Gasteiger partial charge >= 0.3 is 0 Å². The number of nitrogens with zero attached hydrogens (tertiary/aromatic N) is 7. The number of hydrogen-bond acceptors (Lipinski definition) is 10. The summed E-state index contributed by atoms with van der Waals surface area (Å²) >= 11 is 13.0. The average molecular weight is 590 g/mol. The normalized spacial score (nSPS) is 13.9. The van der Waals surface area contributed by atoms with Crippen molar-refractivity contribution in [3.05, 3.63) is 72.3 Å². The van der Waals surface area contributed by atoms with Crippen LogP contribution in [-0.4, -0.2) is 68.4 Å². The maximum Gasteiger partial charge on any atom is 0.283 e. The molecule has 2 N–H and O–H groups in total. The maximum absolute atomic E-state index is 6.04. The molecule has 0 bridgehead atoms. The molecule has 10 nitrogen and oxygen atoms in total. The number of anilines is 3. The smallest absolute Gasteiger partial charge is 0.283 e. The molecule has 3 aromatic heterocycles. The van der Waals surface area contributed by atoms with E-state index in [9.17, 15) is 0 Å². The van der Waals surface area contributed by atoms with Crippen LogP contribution >= 0.6 is 35.6 Å². The van der Waals surface area contributed by atoms with E-state index in [2.05, 4.69) is 58.7 Å². The second-order valence-corrected chi connectivity index (χ2v) is 10.9. The van der Waals surface area contributed by atoms with Crippen LogP contribution in [0.15, 0.2) is 81.9 Å². The summed E-state index contributed by atoms with van der Waals surface area (Å²) in [5.74, 6) is 0.396. The number of likely N-dealkylation sites (N-methyl/N-ethyl adjacent to an activating group) is 1. The van der Waals surface area contributed by atoms with Crippen molar-refractivity contribution in [1.29, 1.82) is 0 Å². The Balaban J connectivity index is 1.32. The number of rotatable bonds is 6. The largest absolute Gasteiger partial charge is 0.411 e. The predicted molar refractivity (Wildman–Crippen MR) is 162 cm³/mol. The molecule has 6 rings (SSSR count). The quantitative estimate of drug-likeness (QED) is 0.194. The summed E-state index contributed by atoms with van der Waals surface area (Å²) in [5, 5.41) is 18.0. The first kappa shape index (κ1) is 26.4. The van der Waals surface area contributed by atoms with E-state index in [0.29, 0.717) is 26.3 Å². The molecule has 40 heavy (non-hydrogen) atoms. The number of fused-ring (bicyclic) bond motifs is 1. The Labute approximate surface area is 245 Å². The molecule has 1 saturated heterocycles. The van der Waals surface area contributed by atoms with E-state index in [1.807, 2.05) is 42.5 Å². The second kappa shape index (κ2) is 11.7. The zero-order valence-corrected chi connectivity index (χ0v) is 23.8. The predicted octanol–water partition coefficient (Wildman–Crippen LogP) is 5.44. The molecule has 0 atom stereocenters. The highest BCUT2D eigenvalue weighted by atomic mass is 35.5. The number of halogens is 1. The van der Waals surface area contributed by atoms with E-state index < -0.39 is 0 Å². The monoisotopic (exact) mass is 589 g/mol. The van der Waals surface area contributed by atoms with E-state index in [1.165, 1.54) is 11.8 Å². The Kier molecular flexibility index (Phi) is 7.73. The summed E-state index contributed by atoms with van der Waals surface area (Å²) in [6.07, 6.45) is 4.93. The number of nitrogens with one attached hydrogen (secondary N) is 2. The van der Waals surface area contributed by atoms with Gasteiger partial charge in [0.25, 0.3) is 5.22 Å². The van der Waals surface area contributed by atoms with Gasteiger partial charge < -0.3 is 24.9 Å².